The maximum absolute atomic E-state index is 12.8. The average molecular weight is 474 g/mol. The molecule has 0 unspecified atom stereocenters. The predicted octanol–water partition coefficient (Wildman–Crippen LogP) is 4.72. The van der Waals surface area contributed by atoms with Gasteiger partial charge in [-0.15, -0.1) is 0 Å². The number of hydrogen-bond donors (Lipinski definition) is 0. The largest absolute Gasteiger partial charge is 0.493 e. The van der Waals surface area contributed by atoms with Crippen LogP contribution in [0.1, 0.15) is 43.7 Å². The standard InChI is InChI=1S/C19H24BrNO4S2/c1-23-16-9-13(14(20)10-17(16)24-2)15-8-12(25-19(26)27-3)7-11-5-4-6-18(22)21(11)15/h9-12,15H,4-8H2,1-3H3/t11-,12+,15+/m1/s1. The Hall–Kier alpha value is -0.990. The van der Waals surface area contributed by atoms with Crippen LogP contribution in [0.15, 0.2) is 16.6 Å². The zero-order valence-corrected chi connectivity index (χ0v) is 18.9. The Kier molecular flexibility index (Phi) is 6.92. The molecular weight excluding hydrogens is 450 g/mol. The lowest BCUT2D eigenvalue weighted by atomic mass is 9.84. The Labute approximate surface area is 178 Å². The van der Waals surface area contributed by atoms with Gasteiger partial charge in [0.05, 0.1) is 20.3 Å². The number of benzene rings is 1. The van der Waals surface area contributed by atoms with E-state index in [1.807, 2.05) is 18.4 Å². The number of carbonyl (C=O) groups is 1. The van der Waals surface area contributed by atoms with E-state index >= 15 is 0 Å². The van der Waals surface area contributed by atoms with Crippen LogP contribution in [0.25, 0.3) is 0 Å². The zero-order valence-electron chi connectivity index (χ0n) is 15.7. The molecule has 2 aliphatic heterocycles. The summed E-state index contributed by atoms with van der Waals surface area (Å²) in [6.07, 6.45) is 5.99. The van der Waals surface area contributed by atoms with Crippen LogP contribution >= 0.6 is 39.9 Å². The average Bonchev–Trinajstić information content (AvgIpc) is 2.67. The fraction of sp³-hybridized carbons (Fsp3) is 0.579. The number of hydrogen-bond acceptors (Lipinski definition) is 6. The number of thioether (sulfide) groups is 1. The van der Waals surface area contributed by atoms with Crippen molar-refractivity contribution in [2.24, 2.45) is 0 Å². The van der Waals surface area contributed by atoms with Crippen LogP contribution in [0.4, 0.5) is 0 Å². The fourth-order valence-electron chi connectivity index (χ4n) is 4.07. The van der Waals surface area contributed by atoms with Gasteiger partial charge in [-0.1, -0.05) is 27.7 Å². The van der Waals surface area contributed by atoms with Crippen LogP contribution < -0.4 is 9.47 Å². The number of halogens is 1. The van der Waals surface area contributed by atoms with Gasteiger partial charge in [0, 0.05) is 29.8 Å². The van der Waals surface area contributed by atoms with Crippen molar-refractivity contribution in [3.8, 4) is 11.5 Å². The van der Waals surface area contributed by atoms with Crippen molar-refractivity contribution in [2.45, 2.75) is 50.3 Å². The van der Waals surface area contributed by atoms with Crippen LogP contribution in [0.5, 0.6) is 11.5 Å². The molecule has 148 valence electrons. The molecule has 0 aromatic heterocycles. The van der Waals surface area contributed by atoms with Gasteiger partial charge in [0.2, 0.25) is 10.3 Å². The van der Waals surface area contributed by atoms with E-state index in [0.717, 1.165) is 29.3 Å². The van der Waals surface area contributed by atoms with E-state index in [1.165, 1.54) is 11.8 Å². The van der Waals surface area contributed by atoms with E-state index in [1.54, 1.807) is 14.2 Å². The number of ether oxygens (including phenoxy) is 3. The second kappa shape index (κ2) is 9.01. The summed E-state index contributed by atoms with van der Waals surface area (Å²) in [5.41, 5.74) is 1.01. The molecule has 8 heteroatoms. The molecule has 0 spiro atoms. The molecule has 0 saturated carbocycles. The molecule has 1 aromatic carbocycles. The number of nitrogens with zero attached hydrogens (tertiary/aromatic N) is 1. The minimum atomic E-state index is -0.0830. The molecule has 2 saturated heterocycles. The quantitative estimate of drug-likeness (QED) is 0.589. The summed E-state index contributed by atoms with van der Waals surface area (Å²) < 4.78 is 18.3. The number of rotatable bonds is 4. The highest BCUT2D eigenvalue weighted by Crippen LogP contribution is 2.45. The first kappa shape index (κ1) is 20.7. The lowest BCUT2D eigenvalue weighted by Crippen LogP contribution is -2.52. The number of fused-ring (bicyclic) bond motifs is 1. The summed E-state index contributed by atoms with van der Waals surface area (Å²) in [6.45, 7) is 0. The Morgan fingerprint density at radius 2 is 1.96 bits per heavy atom. The topological polar surface area (TPSA) is 48.0 Å². The van der Waals surface area contributed by atoms with Gasteiger partial charge in [0.1, 0.15) is 6.10 Å². The second-order valence-electron chi connectivity index (χ2n) is 6.76. The molecule has 2 aliphatic rings. The first-order chi connectivity index (χ1) is 13.0. The summed E-state index contributed by atoms with van der Waals surface area (Å²) in [5, 5.41) is 0. The highest BCUT2D eigenvalue weighted by atomic mass is 79.9. The van der Waals surface area contributed by atoms with E-state index in [9.17, 15) is 4.79 Å². The van der Waals surface area contributed by atoms with E-state index in [0.29, 0.717) is 28.7 Å². The van der Waals surface area contributed by atoms with E-state index in [4.69, 9.17) is 26.4 Å². The molecule has 0 N–H and O–H groups in total. The molecule has 27 heavy (non-hydrogen) atoms. The van der Waals surface area contributed by atoms with Crippen molar-refractivity contribution in [3.05, 3.63) is 22.2 Å². The summed E-state index contributed by atoms with van der Waals surface area (Å²) in [7, 11) is 3.23. The molecule has 3 rings (SSSR count). The Morgan fingerprint density at radius 1 is 1.26 bits per heavy atom. The maximum Gasteiger partial charge on any atom is 0.223 e. The van der Waals surface area contributed by atoms with E-state index in [-0.39, 0.29) is 24.1 Å². The smallest absolute Gasteiger partial charge is 0.223 e. The molecular formula is C19H24BrNO4S2. The fourth-order valence-corrected chi connectivity index (χ4v) is 5.02. The monoisotopic (exact) mass is 473 g/mol. The lowest BCUT2D eigenvalue weighted by molar-refractivity contribution is -0.144. The van der Waals surface area contributed by atoms with Gasteiger partial charge in [0.25, 0.3) is 0 Å². The highest BCUT2D eigenvalue weighted by Gasteiger charge is 2.42. The van der Waals surface area contributed by atoms with Gasteiger partial charge in [0.15, 0.2) is 11.5 Å². The summed E-state index contributed by atoms with van der Waals surface area (Å²) in [6, 6.07) is 3.95. The summed E-state index contributed by atoms with van der Waals surface area (Å²) >= 11 is 10.4. The van der Waals surface area contributed by atoms with Gasteiger partial charge in [-0.05, 0) is 49.0 Å². The van der Waals surface area contributed by atoms with Crippen LogP contribution in [-0.4, -0.2) is 47.8 Å². The first-order valence-corrected chi connectivity index (χ1v) is 11.4. The molecule has 0 bridgehead atoms. The van der Waals surface area contributed by atoms with E-state index in [2.05, 4.69) is 20.8 Å². The van der Waals surface area contributed by atoms with Gasteiger partial charge in [-0.3, -0.25) is 4.79 Å². The normalized spacial score (nSPS) is 25.0. The third-order valence-electron chi connectivity index (χ3n) is 5.26. The van der Waals surface area contributed by atoms with Crippen molar-refractivity contribution in [1.29, 1.82) is 0 Å². The Balaban J connectivity index is 1.98. The SMILES string of the molecule is COc1cc(Br)c([C@@H]2C[C@@H](OC(=S)SC)C[C@H]3CCCC(=O)N32)cc1OC. The van der Waals surface area contributed by atoms with Crippen LogP contribution in [0, 0.1) is 0 Å². The number of thiocarbonyl (C=S) groups is 1. The zero-order chi connectivity index (χ0) is 19.6. The van der Waals surface area contributed by atoms with Gasteiger partial charge >= 0.3 is 0 Å². The van der Waals surface area contributed by atoms with Crippen molar-refractivity contribution in [3.63, 3.8) is 0 Å². The minimum Gasteiger partial charge on any atom is -0.493 e. The second-order valence-corrected chi connectivity index (χ2v) is 9.02. The maximum atomic E-state index is 12.8. The van der Waals surface area contributed by atoms with Crippen LogP contribution in [0.3, 0.4) is 0 Å². The van der Waals surface area contributed by atoms with Gasteiger partial charge in [-0.2, -0.15) is 0 Å². The molecule has 5 nitrogen and oxygen atoms in total. The third kappa shape index (κ3) is 4.38. The lowest BCUT2D eigenvalue weighted by Gasteiger charge is -2.47. The van der Waals surface area contributed by atoms with E-state index < -0.39 is 0 Å². The number of piperidine rings is 2. The molecule has 0 radical (unpaired) electrons. The number of methoxy groups -OCH3 is 2. The van der Waals surface area contributed by atoms with Crippen molar-refractivity contribution in [1.82, 2.24) is 4.90 Å². The molecule has 0 aliphatic carbocycles. The molecule has 2 heterocycles. The third-order valence-corrected chi connectivity index (χ3v) is 6.97. The first-order valence-electron chi connectivity index (χ1n) is 8.95. The van der Waals surface area contributed by atoms with Crippen molar-refractivity contribution in [2.75, 3.05) is 20.5 Å². The highest BCUT2D eigenvalue weighted by molar-refractivity contribution is 9.10. The van der Waals surface area contributed by atoms with Gasteiger partial charge in [-0.25, -0.2) is 0 Å². The summed E-state index contributed by atoms with van der Waals surface area (Å²) in [4.78, 5) is 14.8. The van der Waals surface area contributed by atoms with Gasteiger partial charge < -0.3 is 19.1 Å². The predicted molar refractivity (Wildman–Crippen MR) is 115 cm³/mol. The molecule has 1 amide bonds. The molecule has 3 atom stereocenters. The number of carbonyl (C=O) groups excluding carboxylic acids is 1. The Bertz CT molecular complexity index is 730. The molecule has 2 fully saturated rings. The summed E-state index contributed by atoms with van der Waals surface area (Å²) in [5.74, 6) is 1.52. The minimum absolute atomic E-state index is 0.00194. The van der Waals surface area contributed by atoms with Crippen molar-refractivity contribution >= 4 is 50.2 Å². The Morgan fingerprint density at radius 3 is 2.63 bits per heavy atom. The molecule has 1 aromatic rings. The van der Waals surface area contributed by atoms with Crippen molar-refractivity contribution < 1.29 is 19.0 Å². The number of amides is 1. The van der Waals surface area contributed by atoms with Crippen LogP contribution in [0.2, 0.25) is 0 Å². The van der Waals surface area contributed by atoms with Crippen LogP contribution in [-0.2, 0) is 9.53 Å².